The van der Waals surface area contributed by atoms with Gasteiger partial charge in [0.1, 0.15) is 0 Å². The normalized spacial score (nSPS) is 25.4. The highest BCUT2D eigenvalue weighted by atomic mass is 16.4. The molecule has 1 unspecified atom stereocenters. The average Bonchev–Trinajstić information content (AvgIpc) is 2.94. The van der Waals surface area contributed by atoms with Gasteiger partial charge < -0.3 is 15.3 Å². The Labute approximate surface area is 120 Å². The van der Waals surface area contributed by atoms with Gasteiger partial charge in [-0.25, -0.2) is 4.79 Å². The first-order chi connectivity index (χ1) is 9.57. The average molecular weight is 282 g/mol. The molecule has 0 radical (unpaired) electrons. The third kappa shape index (κ3) is 3.25. The van der Waals surface area contributed by atoms with E-state index < -0.39 is 11.4 Å². The molecule has 0 bridgehead atoms. The number of amides is 2. The number of aliphatic carboxylic acids is 1. The van der Waals surface area contributed by atoms with Crippen LogP contribution in [0, 0.1) is 11.3 Å². The van der Waals surface area contributed by atoms with Crippen LogP contribution in [0.3, 0.4) is 0 Å². The lowest BCUT2D eigenvalue weighted by atomic mass is 9.74. The largest absolute Gasteiger partial charge is 0.481 e. The van der Waals surface area contributed by atoms with E-state index in [1.165, 1.54) is 0 Å². The second kappa shape index (κ2) is 6.46. The molecule has 2 N–H and O–H groups in total. The number of hydrogen-bond donors (Lipinski definition) is 2. The Morgan fingerprint density at radius 3 is 2.55 bits per heavy atom. The minimum Gasteiger partial charge on any atom is -0.481 e. The highest BCUT2D eigenvalue weighted by molar-refractivity contribution is 5.78. The third-order valence-electron chi connectivity index (χ3n) is 4.99. The van der Waals surface area contributed by atoms with Crippen LogP contribution in [-0.4, -0.2) is 41.6 Å². The lowest BCUT2D eigenvalue weighted by molar-refractivity contribution is -0.150. The molecule has 20 heavy (non-hydrogen) atoms. The summed E-state index contributed by atoms with van der Waals surface area (Å²) in [5.74, 6) is -0.158. The van der Waals surface area contributed by atoms with Crippen LogP contribution in [0.1, 0.15) is 51.9 Å². The van der Waals surface area contributed by atoms with Gasteiger partial charge in [0.2, 0.25) is 0 Å². The van der Waals surface area contributed by atoms with Crippen LogP contribution in [0.4, 0.5) is 4.79 Å². The first-order valence-electron chi connectivity index (χ1n) is 7.83. The molecule has 1 atom stereocenters. The maximum Gasteiger partial charge on any atom is 0.317 e. The van der Waals surface area contributed by atoms with Gasteiger partial charge in [-0.15, -0.1) is 0 Å². The number of carbonyl (C=O) groups excluding carboxylic acids is 1. The number of urea groups is 1. The summed E-state index contributed by atoms with van der Waals surface area (Å²) < 4.78 is 0. The lowest BCUT2D eigenvalue weighted by Gasteiger charge is -2.33. The first-order valence-corrected chi connectivity index (χ1v) is 7.83. The Morgan fingerprint density at radius 1 is 1.30 bits per heavy atom. The molecule has 114 valence electrons. The summed E-state index contributed by atoms with van der Waals surface area (Å²) in [6, 6.07) is -0.0906. The Morgan fingerprint density at radius 2 is 2.00 bits per heavy atom. The van der Waals surface area contributed by atoms with Crippen molar-refractivity contribution >= 4 is 12.0 Å². The number of hydrogen-bond acceptors (Lipinski definition) is 2. The van der Waals surface area contributed by atoms with Gasteiger partial charge in [-0.2, -0.15) is 0 Å². The molecular weight excluding hydrogens is 256 g/mol. The topological polar surface area (TPSA) is 69.6 Å². The number of likely N-dealkylation sites (tertiary alicyclic amines) is 1. The third-order valence-corrected chi connectivity index (χ3v) is 4.99. The van der Waals surface area contributed by atoms with Crippen LogP contribution < -0.4 is 5.32 Å². The van der Waals surface area contributed by atoms with Crippen LogP contribution in [-0.2, 0) is 4.79 Å². The smallest absolute Gasteiger partial charge is 0.317 e. The van der Waals surface area contributed by atoms with E-state index in [2.05, 4.69) is 12.2 Å². The van der Waals surface area contributed by atoms with Crippen molar-refractivity contribution in [3.8, 4) is 0 Å². The molecule has 2 amide bonds. The predicted octanol–water partition coefficient (Wildman–Crippen LogP) is 2.46. The first kappa shape index (κ1) is 15.1. The quantitative estimate of drug-likeness (QED) is 0.832. The van der Waals surface area contributed by atoms with Gasteiger partial charge in [-0.1, -0.05) is 32.6 Å². The van der Waals surface area contributed by atoms with Crippen molar-refractivity contribution in [1.29, 1.82) is 0 Å². The number of rotatable bonds is 4. The van der Waals surface area contributed by atoms with Gasteiger partial charge in [0.25, 0.3) is 0 Å². The molecule has 2 aliphatic rings. The minimum absolute atomic E-state index is 0.0906. The molecule has 1 heterocycles. The molecule has 1 saturated carbocycles. The highest BCUT2D eigenvalue weighted by Crippen LogP contribution is 2.36. The van der Waals surface area contributed by atoms with Crippen LogP contribution in [0.2, 0.25) is 0 Å². The molecule has 1 saturated heterocycles. The van der Waals surface area contributed by atoms with Crippen LogP contribution in [0.25, 0.3) is 0 Å². The minimum atomic E-state index is -0.759. The fourth-order valence-corrected chi connectivity index (χ4v) is 3.40. The van der Waals surface area contributed by atoms with Gasteiger partial charge in [-0.05, 0) is 25.2 Å². The van der Waals surface area contributed by atoms with Gasteiger partial charge in [0.05, 0.1) is 5.41 Å². The number of carbonyl (C=O) groups is 2. The van der Waals surface area contributed by atoms with Crippen molar-refractivity contribution in [2.24, 2.45) is 11.3 Å². The summed E-state index contributed by atoms with van der Waals surface area (Å²) in [4.78, 5) is 25.5. The monoisotopic (exact) mass is 282 g/mol. The Bertz CT molecular complexity index is 364. The van der Waals surface area contributed by atoms with Crippen molar-refractivity contribution in [3.05, 3.63) is 0 Å². The summed E-state index contributed by atoms with van der Waals surface area (Å²) in [7, 11) is 0. The van der Waals surface area contributed by atoms with Crippen molar-refractivity contribution in [3.63, 3.8) is 0 Å². The maximum absolute atomic E-state index is 12.1. The van der Waals surface area contributed by atoms with E-state index in [1.807, 2.05) is 4.90 Å². The van der Waals surface area contributed by atoms with E-state index in [0.717, 1.165) is 45.2 Å². The second-order valence-electron chi connectivity index (χ2n) is 6.31. The molecular formula is C15H26N2O3. The molecule has 0 aromatic carbocycles. The van der Waals surface area contributed by atoms with Gasteiger partial charge in [-0.3, -0.25) is 4.79 Å². The van der Waals surface area contributed by atoms with Crippen molar-refractivity contribution in [2.75, 3.05) is 19.6 Å². The number of nitrogens with zero attached hydrogens (tertiary/aromatic N) is 1. The van der Waals surface area contributed by atoms with Gasteiger partial charge in [0, 0.05) is 19.6 Å². The Hall–Kier alpha value is -1.26. The molecule has 1 aliphatic carbocycles. The maximum atomic E-state index is 12.1. The SMILES string of the molecule is CCC1CCN(C(=O)NCC2(C(=O)O)CCCCC2)C1. The van der Waals surface area contributed by atoms with Crippen LogP contribution in [0.15, 0.2) is 0 Å². The fourth-order valence-electron chi connectivity index (χ4n) is 3.40. The van der Waals surface area contributed by atoms with E-state index in [4.69, 9.17) is 0 Å². The number of carboxylic acid groups (broad SMARTS) is 1. The zero-order chi connectivity index (χ0) is 14.6. The molecule has 0 aromatic rings. The highest BCUT2D eigenvalue weighted by Gasteiger charge is 2.40. The van der Waals surface area contributed by atoms with Crippen molar-refractivity contribution in [1.82, 2.24) is 10.2 Å². The van der Waals surface area contributed by atoms with Gasteiger partial charge in [0.15, 0.2) is 0 Å². The lowest BCUT2D eigenvalue weighted by Crippen LogP contribution is -2.48. The molecule has 0 aromatic heterocycles. The summed E-state index contributed by atoms with van der Waals surface area (Å²) in [6.45, 7) is 4.02. The van der Waals surface area contributed by atoms with E-state index in [1.54, 1.807) is 0 Å². The van der Waals surface area contributed by atoms with Crippen LogP contribution >= 0.6 is 0 Å². The zero-order valence-electron chi connectivity index (χ0n) is 12.4. The number of nitrogens with one attached hydrogen (secondary N) is 1. The Balaban J connectivity index is 1.86. The van der Waals surface area contributed by atoms with E-state index in [9.17, 15) is 14.7 Å². The molecule has 5 nitrogen and oxygen atoms in total. The second-order valence-corrected chi connectivity index (χ2v) is 6.31. The standard InChI is InChI=1S/C15H26N2O3/c1-2-12-6-9-17(10-12)14(20)16-11-15(13(18)19)7-4-3-5-8-15/h12H,2-11H2,1H3,(H,16,20)(H,18,19). The zero-order valence-corrected chi connectivity index (χ0v) is 12.4. The van der Waals surface area contributed by atoms with E-state index in [0.29, 0.717) is 18.8 Å². The van der Waals surface area contributed by atoms with Crippen LogP contribution in [0.5, 0.6) is 0 Å². The molecule has 2 fully saturated rings. The molecule has 1 aliphatic heterocycles. The molecule has 5 heteroatoms. The molecule has 0 spiro atoms. The number of carboxylic acids is 1. The predicted molar refractivity (Wildman–Crippen MR) is 76.5 cm³/mol. The van der Waals surface area contributed by atoms with E-state index in [-0.39, 0.29) is 12.6 Å². The van der Waals surface area contributed by atoms with Crippen molar-refractivity contribution < 1.29 is 14.7 Å². The summed E-state index contributed by atoms with van der Waals surface area (Å²) in [5.41, 5.74) is -0.738. The molecule has 2 rings (SSSR count). The van der Waals surface area contributed by atoms with E-state index >= 15 is 0 Å². The fraction of sp³-hybridized carbons (Fsp3) is 0.867. The summed E-state index contributed by atoms with van der Waals surface area (Å²) >= 11 is 0. The summed E-state index contributed by atoms with van der Waals surface area (Å²) in [5, 5.41) is 12.3. The van der Waals surface area contributed by atoms with Gasteiger partial charge >= 0.3 is 12.0 Å². The van der Waals surface area contributed by atoms with Crippen molar-refractivity contribution in [2.45, 2.75) is 51.9 Å². The summed E-state index contributed by atoms with van der Waals surface area (Å²) in [6.07, 6.45) is 6.53. The Kier molecular flexibility index (Phi) is 4.89.